The Labute approximate surface area is 119 Å². The molecule has 0 bridgehead atoms. The van der Waals surface area contributed by atoms with E-state index in [-0.39, 0.29) is 23.0 Å². The average Bonchev–Trinajstić information content (AvgIpc) is 2.83. The van der Waals surface area contributed by atoms with Crippen molar-refractivity contribution in [2.75, 3.05) is 6.54 Å². The van der Waals surface area contributed by atoms with Crippen molar-refractivity contribution in [1.82, 2.24) is 10.6 Å². The van der Waals surface area contributed by atoms with Gasteiger partial charge in [0.25, 0.3) is 0 Å². The van der Waals surface area contributed by atoms with Gasteiger partial charge in [0, 0.05) is 6.04 Å². The van der Waals surface area contributed by atoms with Crippen LogP contribution in [0.3, 0.4) is 0 Å². The average molecular weight is 315 g/mol. The lowest BCUT2D eigenvalue weighted by Crippen LogP contribution is -2.40. The van der Waals surface area contributed by atoms with Crippen molar-refractivity contribution in [1.29, 1.82) is 0 Å². The second kappa shape index (κ2) is 7.09. The quantitative estimate of drug-likeness (QED) is 0.839. The topological polar surface area (TPSA) is 24.1 Å². The minimum atomic E-state index is 0. The molecule has 0 radical (unpaired) electrons. The lowest BCUT2D eigenvalue weighted by molar-refractivity contribution is 0.672. The van der Waals surface area contributed by atoms with Crippen molar-refractivity contribution in [2.24, 2.45) is 0 Å². The third-order valence-electron chi connectivity index (χ3n) is 3.04. The maximum absolute atomic E-state index is 5.42. The summed E-state index contributed by atoms with van der Waals surface area (Å²) in [5.74, 6) is 0. The Morgan fingerprint density at radius 1 is 1.41 bits per heavy atom. The molecular formula is C13H19BrN2S. The molecule has 2 N–H and O–H groups in total. The van der Waals surface area contributed by atoms with Crippen LogP contribution in [0.15, 0.2) is 30.3 Å². The summed E-state index contributed by atoms with van der Waals surface area (Å²) in [6, 6.07) is 11.1. The first-order chi connectivity index (χ1) is 7.77. The van der Waals surface area contributed by atoms with E-state index >= 15 is 0 Å². The Kier molecular flexibility index (Phi) is 6.09. The number of hydrogen-bond donors (Lipinski definition) is 2. The molecule has 0 spiro atoms. The zero-order valence-electron chi connectivity index (χ0n) is 9.98. The molecule has 0 unspecified atom stereocenters. The van der Waals surface area contributed by atoms with Crippen LogP contribution in [0, 0.1) is 0 Å². The fourth-order valence-corrected chi connectivity index (χ4v) is 2.43. The zero-order chi connectivity index (χ0) is 11.4. The van der Waals surface area contributed by atoms with Gasteiger partial charge in [-0.1, -0.05) is 42.5 Å². The number of rotatable bonds is 3. The molecule has 2 rings (SSSR count). The largest absolute Gasteiger partial charge is 0.372 e. The highest BCUT2D eigenvalue weighted by molar-refractivity contribution is 8.93. The molecule has 1 aliphatic heterocycles. The molecule has 1 aromatic rings. The molecule has 0 aromatic heterocycles. The van der Waals surface area contributed by atoms with E-state index < -0.39 is 0 Å². The van der Waals surface area contributed by atoms with Gasteiger partial charge >= 0.3 is 0 Å². The summed E-state index contributed by atoms with van der Waals surface area (Å²) in [6.45, 7) is 3.24. The SMILES string of the molecule is Br.C[C@@H](NC(=S)[C@@H]1CCCN1)c1ccccc1. The summed E-state index contributed by atoms with van der Waals surface area (Å²) >= 11 is 5.42. The Bertz CT molecular complexity index is 350. The van der Waals surface area contributed by atoms with Gasteiger partial charge in [-0.05, 0) is 31.9 Å². The lowest BCUT2D eigenvalue weighted by atomic mass is 10.1. The highest BCUT2D eigenvalue weighted by atomic mass is 79.9. The standard InChI is InChI=1S/C13H18N2S.BrH/c1-10(11-6-3-2-4-7-11)15-13(16)12-8-5-9-14-12;/h2-4,6-7,10,12,14H,5,8-9H2,1H3,(H,15,16);1H/t10-,12+;/m1./s1. The van der Waals surface area contributed by atoms with Crippen LogP contribution in [0.25, 0.3) is 0 Å². The molecule has 0 aliphatic carbocycles. The molecule has 4 heteroatoms. The third-order valence-corrected chi connectivity index (χ3v) is 3.44. The molecule has 2 nitrogen and oxygen atoms in total. The molecule has 0 amide bonds. The van der Waals surface area contributed by atoms with E-state index in [9.17, 15) is 0 Å². The first-order valence-corrected chi connectivity index (χ1v) is 6.27. The van der Waals surface area contributed by atoms with E-state index in [4.69, 9.17) is 12.2 Å². The molecule has 2 atom stereocenters. The molecule has 94 valence electrons. The predicted octanol–water partition coefficient (Wildman–Crippen LogP) is 2.99. The third kappa shape index (κ3) is 4.05. The number of hydrogen-bond acceptors (Lipinski definition) is 2. The highest BCUT2D eigenvalue weighted by Crippen LogP contribution is 2.13. The van der Waals surface area contributed by atoms with Crippen LogP contribution in [-0.2, 0) is 0 Å². The Hall–Kier alpha value is -0.450. The summed E-state index contributed by atoms with van der Waals surface area (Å²) in [6.07, 6.45) is 2.39. The molecule has 17 heavy (non-hydrogen) atoms. The maximum Gasteiger partial charge on any atom is 0.0930 e. The van der Waals surface area contributed by atoms with E-state index in [1.54, 1.807) is 0 Å². The van der Waals surface area contributed by atoms with Crippen molar-refractivity contribution in [3.63, 3.8) is 0 Å². The first-order valence-electron chi connectivity index (χ1n) is 5.86. The van der Waals surface area contributed by atoms with E-state index in [1.807, 2.05) is 6.07 Å². The summed E-state index contributed by atoms with van der Waals surface area (Å²) < 4.78 is 0. The van der Waals surface area contributed by atoms with Gasteiger partial charge in [-0.25, -0.2) is 0 Å². The van der Waals surface area contributed by atoms with Gasteiger partial charge < -0.3 is 10.6 Å². The second-order valence-electron chi connectivity index (χ2n) is 4.29. The minimum absolute atomic E-state index is 0. The van der Waals surface area contributed by atoms with Gasteiger partial charge in [-0.15, -0.1) is 17.0 Å². The zero-order valence-corrected chi connectivity index (χ0v) is 12.5. The van der Waals surface area contributed by atoms with Crippen molar-refractivity contribution in [3.05, 3.63) is 35.9 Å². The molecule has 1 saturated heterocycles. The van der Waals surface area contributed by atoms with Gasteiger partial charge in [-0.3, -0.25) is 0 Å². The number of benzene rings is 1. The highest BCUT2D eigenvalue weighted by Gasteiger charge is 2.19. The van der Waals surface area contributed by atoms with Gasteiger partial charge in [-0.2, -0.15) is 0 Å². The van der Waals surface area contributed by atoms with Crippen molar-refractivity contribution in [2.45, 2.75) is 31.8 Å². The normalized spacial score (nSPS) is 20.4. The first kappa shape index (κ1) is 14.6. The number of nitrogens with one attached hydrogen (secondary N) is 2. The van der Waals surface area contributed by atoms with E-state index in [2.05, 4.69) is 41.8 Å². The second-order valence-corrected chi connectivity index (χ2v) is 4.73. The summed E-state index contributed by atoms with van der Waals surface area (Å²) in [4.78, 5) is 0.953. The Morgan fingerprint density at radius 2 is 2.12 bits per heavy atom. The fraction of sp³-hybridized carbons (Fsp3) is 0.462. The maximum atomic E-state index is 5.42. The predicted molar refractivity (Wildman–Crippen MR) is 81.9 cm³/mol. The summed E-state index contributed by atoms with van der Waals surface area (Å²) in [5, 5.41) is 6.82. The van der Waals surface area contributed by atoms with Crippen LogP contribution in [0.2, 0.25) is 0 Å². The van der Waals surface area contributed by atoms with Gasteiger partial charge in [0.1, 0.15) is 0 Å². The van der Waals surface area contributed by atoms with Gasteiger partial charge in [0.2, 0.25) is 0 Å². The number of halogens is 1. The summed E-state index contributed by atoms with van der Waals surface area (Å²) in [7, 11) is 0. The monoisotopic (exact) mass is 314 g/mol. The van der Waals surface area contributed by atoms with Crippen molar-refractivity contribution < 1.29 is 0 Å². The van der Waals surface area contributed by atoms with Crippen molar-refractivity contribution in [3.8, 4) is 0 Å². The molecular weight excluding hydrogens is 296 g/mol. The minimum Gasteiger partial charge on any atom is -0.372 e. The van der Waals surface area contributed by atoms with Crippen LogP contribution >= 0.6 is 29.2 Å². The van der Waals surface area contributed by atoms with Crippen molar-refractivity contribution >= 4 is 34.2 Å². The van der Waals surface area contributed by atoms with Crippen LogP contribution in [-0.4, -0.2) is 17.6 Å². The molecule has 1 heterocycles. The van der Waals surface area contributed by atoms with E-state index in [0.29, 0.717) is 6.04 Å². The van der Waals surface area contributed by atoms with Crippen LogP contribution in [0.1, 0.15) is 31.4 Å². The van der Waals surface area contributed by atoms with Crippen LogP contribution in [0.5, 0.6) is 0 Å². The lowest BCUT2D eigenvalue weighted by Gasteiger charge is -2.20. The Morgan fingerprint density at radius 3 is 2.71 bits per heavy atom. The van der Waals surface area contributed by atoms with Crippen LogP contribution < -0.4 is 10.6 Å². The van der Waals surface area contributed by atoms with E-state index in [0.717, 1.165) is 18.0 Å². The number of thiocarbonyl (C=S) groups is 1. The molecule has 1 fully saturated rings. The molecule has 0 saturated carbocycles. The Balaban J connectivity index is 0.00000144. The summed E-state index contributed by atoms with van der Waals surface area (Å²) in [5.41, 5.74) is 1.28. The fourth-order valence-electron chi connectivity index (χ4n) is 2.05. The molecule has 1 aliphatic rings. The smallest absolute Gasteiger partial charge is 0.0930 e. The van der Waals surface area contributed by atoms with E-state index in [1.165, 1.54) is 12.0 Å². The van der Waals surface area contributed by atoms with Crippen LogP contribution in [0.4, 0.5) is 0 Å². The van der Waals surface area contributed by atoms with Gasteiger partial charge in [0.05, 0.1) is 11.0 Å². The van der Waals surface area contributed by atoms with Gasteiger partial charge in [0.15, 0.2) is 0 Å². The molecule has 1 aromatic carbocycles.